The number of amides is 1. The molecule has 1 atom stereocenters. The molecule has 106 valence electrons. The summed E-state index contributed by atoms with van der Waals surface area (Å²) in [5.41, 5.74) is 6.76. The molecule has 19 heavy (non-hydrogen) atoms. The van der Waals surface area contributed by atoms with Gasteiger partial charge in [0, 0.05) is 6.54 Å². The van der Waals surface area contributed by atoms with E-state index in [1.54, 1.807) is 12.3 Å². The van der Waals surface area contributed by atoms with Crippen LogP contribution < -0.4 is 10.6 Å². The van der Waals surface area contributed by atoms with Gasteiger partial charge in [0.25, 0.3) is 0 Å². The van der Waals surface area contributed by atoms with Gasteiger partial charge in [-0.3, -0.25) is 9.78 Å². The first-order valence-electron chi connectivity index (χ1n) is 6.61. The second-order valence-corrected chi connectivity index (χ2v) is 5.11. The summed E-state index contributed by atoms with van der Waals surface area (Å²) in [6.45, 7) is 6.97. The molecule has 0 saturated heterocycles. The number of rotatable bonds is 7. The third-order valence-corrected chi connectivity index (χ3v) is 2.80. The van der Waals surface area contributed by atoms with Gasteiger partial charge in [-0.15, -0.1) is 0 Å². The van der Waals surface area contributed by atoms with Crippen LogP contribution in [-0.4, -0.2) is 29.1 Å². The number of pyridine rings is 1. The molecule has 0 aliphatic carbocycles. The highest BCUT2D eigenvalue weighted by atomic mass is 16.3. The number of anilines is 1. The average Bonchev–Trinajstić information content (AvgIpc) is 2.36. The van der Waals surface area contributed by atoms with Crippen LogP contribution in [0.4, 0.5) is 5.69 Å². The van der Waals surface area contributed by atoms with E-state index in [1.807, 2.05) is 17.9 Å². The average molecular weight is 265 g/mol. The highest BCUT2D eigenvalue weighted by molar-refractivity contribution is 5.79. The molecule has 1 rings (SSSR count). The number of aliphatic hydroxyl groups excluding tert-OH is 1. The van der Waals surface area contributed by atoms with Gasteiger partial charge in [0.1, 0.15) is 0 Å². The fourth-order valence-electron chi connectivity index (χ4n) is 1.88. The summed E-state index contributed by atoms with van der Waals surface area (Å²) in [5.74, 6) is 0.0542. The van der Waals surface area contributed by atoms with Crippen LogP contribution in [0.25, 0.3) is 0 Å². The lowest BCUT2D eigenvalue weighted by atomic mass is 10.1. The Labute approximate surface area is 114 Å². The smallest absolute Gasteiger partial charge is 0.236 e. The van der Waals surface area contributed by atoms with Gasteiger partial charge < -0.3 is 15.7 Å². The molecule has 1 aromatic heterocycles. The first kappa shape index (κ1) is 15.4. The molecule has 5 nitrogen and oxygen atoms in total. The lowest BCUT2D eigenvalue weighted by molar-refractivity contribution is -0.116. The molecule has 1 amide bonds. The van der Waals surface area contributed by atoms with Crippen LogP contribution in [0.2, 0.25) is 0 Å². The van der Waals surface area contributed by atoms with Crippen molar-refractivity contribution >= 4 is 11.6 Å². The zero-order valence-electron chi connectivity index (χ0n) is 11.8. The lowest BCUT2D eigenvalue weighted by Crippen LogP contribution is -2.36. The third-order valence-electron chi connectivity index (χ3n) is 2.80. The van der Waals surface area contributed by atoms with E-state index in [0.717, 1.165) is 12.2 Å². The molecule has 5 heteroatoms. The fourth-order valence-corrected chi connectivity index (χ4v) is 1.88. The van der Waals surface area contributed by atoms with Crippen LogP contribution in [0.1, 0.15) is 39.0 Å². The molecule has 3 N–H and O–H groups in total. The lowest BCUT2D eigenvalue weighted by Gasteiger charge is -2.25. The molecule has 0 aliphatic heterocycles. The van der Waals surface area contributed by atoms with Crippen molar-refractivity contribution in [3.63, 3.8) is 0 Å². The third kappa shape index (κ3) is 4.87. The number of carbonyl (C=O) groups excluding carboxylic acids is 1. The van der Waals surface area contributed by atoms with Crippen molar-refractivity contribution in [2.45, 2.75) is 33.3 Å². The number of nitrogens with two attached hydrogens (primary N) is 1. The topological polar surface area (TPSA) is 79.5 Å². The molecular formula is C14H23N3O2. The largest absolute Gasteiger partial charge is 0.387 e. The molecule has 0 fully saturated rings. The maximum absolute atomic E-state index is 11.1. The summed E-state index contributed by atoms with van der Waals surface area (Å²) in [5, 5.41) is 9.70. The van der Waals surface area contributed by atoms with E-state index < -0.39 is 6.10 Å². The highest BCUT2D eigenvalue weighted by Gasteiger charge is 2.13. The maximum Gasteiger partial charge on any atom is 0.236 e. The van der Waals surface area contributed by atoms with Gasteiger partial charge in [-0.05, 0) is 24.5 Å². The number of nitrogens with zero attached hydrogens (tertiary/aromatic N) is 2. The van der Waals surface area contributed by atoms with Gasteiger partial charge in [-0.2, -0.15) is 0 Å². The molecule has 0 aromatic carbocycles. The Bertz CT molecular complexity index is 404. The van der Waals surface area contributed by atoms with Crippen LogP contribution in [0.15, 0.2) is 18.3 Å². The Morgan fingerprint density at radius 1 is 1.47 bits per heavy atom. The molecule has 0 unspecified atom stereocenters. The predicted molar refractivity (Wildman–Crippen MR) is 75.7 cm³/mol. The minimum absolute atomic E-state index is 0.176. The molecule has 0 saturated carbocycles. The monoisotopic (exact) mass is 265 g/mol. The molecule has 1 heterocycles. The Morgan fingerprint density at radius 3 is 2.58 bits per heavy atom. The number of aromatic nitrogens is 1. The number of hydrogen-bond acceptors (Lipinski definition) is 4. The second-order valence-electron chi connectivity index (χ2n) is 5.11. The normalized spacial score (nSPS) is 12.5. The molecule has 1 aromatic rings. The van der Waals surface area contributed by atoms with Gasteiger partial charge in [0.2, 0.25) is 5.91 Å². The quantitative estimate of drug-likeness (QED) is 0.782. The Hall–Kier alpha value is -1.62. The second kappa shape index (κ2) is 7.09. The van der Waals surface area contributed by atoms with E-state index in [0.29, 0.717) is 18.0 Å². The first-order chi connectivity index (χ1) is 8.93. The van der Waals surface area contributed by atoms with Crippen LogP contribution >= 0.6 is 0 Å². The minimum atomic E-state index is -0.538. The van der Waals surface area contributed by atoms with Gasteiger partial charge in [0.15, 0.2) is 0 Å². The van der Waals surface area contributed by atoms with Gasteiger partial charge in [-0.1, -0.05) is 20.8 Å². The summed E-state index contributed by atoms with van der Waals surface area (Å²) in [6.07, 6.45) is 1.77. The Kier molecular flexibility index (Phi) is 5.76. The number of primary amides is 1. The number of hydrogen-bond donors (Lipinski definition) is 2. The zero-order valence-corrected chi connectivity index (χ0v) is 11.8. The minimum Gasteiger partial charge on any atom is -0.387 e. The molecule has 0 aliphatic rings. The van der Waals surface area contributed by atoms with E-state index in [9.17, 15) is 9.90 Å². The van der Waals surface area contributed by atoms with Crippen molar-refractivity contribution in [2.24, 2.45) is 11.7 Å². The summed E-state index contributed by atoms with van der Waals surface area (Å²) < 4.78 is 0. The zero-order chi connectivity index (χ0) is 14.4. The summed E-state index contributed by atoms with van der Waals surface area (Å²) >= 11 is 0. The van der Waals surface area contributed by atoms with E-state index in [1.165, 1.54) is 0 Å². The standard InChI is InChI=1S/C14H23N3O2/c1-4-13(18)12-6-5-11(7-16-12)17(8-10(2)3)9-14(15)19/h5-7,10,13,18H,4,8-9H2,1-3H3,(H2,15,19)/t13-/m1/s1. The molecule has 0 spiro atoms. The van der Waals surface area contributed by atoms with Crippen molar-refractivity contribution in [2.75, 3.05) is 18.0 Å². The highest BCUT2D eigenvalue weighted by Crippen LogP contribution is 2.19. The molecular weight excluding hydrogens is 242 g/mol. The van der Waals surface area contributed by atoms with Crippen molar-refractivity contribution in [1.82, 2.24) is 4.98 Å². The Balaban J connectivity index is 2.86. The van der Waals surface area contributed by atoms with E-state index in [4.69, 9.17) is 5.73 Å². The Morgan fingerprint density at radius 2 is 2.16 bits per heavy atom. The molecule has 0 bridgehead atoms. The summed E-state index contributed by atoms with van der Waals surface area (Å²) in [6, 6.07) is 3.66. The predicted octanol–water partition coefficient (Wildman–Crippen LogP) is 1.47. The fraction of sp³-hybridized carbons (Fsp3) is 0.571. The van der Waals surface area contributed by atoms with E-state index in [2.05, 4.69) is 18.8 Å². The number of carbonyl (C=O) groups is 1. The van der Waals surface area contributed by atoms with Crippen LogP contribution in [0, 0.1) is 5.92 Å². The summed E-state index contributed by atoms with van der Waals surface area (Å²) in [4.78, 5) is 17.3. The van der Waals surface area contributed by atoms with Gasteiger partial charge in [-0.25, -0.2) is 0 Å². The first-order valence-corrected chi connectivity index (χ1v) is 6.61. The van der Waals surface area contributed by atoms with Crippen LogP contribution in [0.5, 0.6) is 0 Å². The molecule has 0 radical (unpaired) electrons. The van der Waals surface area contributed by atoms with Gasteiger partial charge >= 0.3 is 0 Å². The van der Waals surface area contributed by atoms with Crippen molar-refractivity contribution in [1.29, 1.82) is 0 Å². The maximum atomic E-state index is 11.1. The number of aliphatic hydroxyl groups is 1. The van der Waals surface area contributed by atoms with Gasteiger partial charge in [0.05, 0.1) is 30.2 Å². The van der Waals surface area contributed by atoms with E-state index in [-0.39, 0.29) is 12.5 Å². The van der Waals surface area contributed by atoms with Crippen molar-refractivity contribution < 1.29 is 9.90 Å². The van der Waals surface area contributed by atoms with Crippen LogP contribution in [0.3, 0.4) is 0 Å². The van der Waals surface area contributed by atoms with Crippen molar-refractivity contribution in [3.8, 4) is 0 Å². The van der Waals surface area contributed by atoms with Crippen molar-refractivity contribution in [3.05, 3.63) is 24.0 Å². The summed E-state index contributed by atoms with van der Waals surface area (Å²) in [7, 11) is 0. The van der Waals surface area contributed by atoms with Crippen LogP contribution in [-0.2, 0) is 4.79 Å². The SMILES string of the molecule is CC[C@@H](O)c1ccc(N(CC(N)=O)CC(C)C)cn1. The van der Waals surface area contributed by atoms with E-state index >= 15 is 0 Å².